The Kier molecular flexibility index (Phi) is 3.33. The van der Waals surface area contributed by atoms with Gasteiger partial charge >= 0.3 is 0 Å². The van der Waals surface area contributed by atoms with Crippen LogP contribution in [0, 0.1) is 12.8 Å². The molecule has 0 spiro atoms. The smallest absolute Gasteiger partial charge is 0.261 e. The average molecular weight is 237 g/mol. The summed E-state index contributed by atoms with van der Waals surface area (Å²) in [6.45, 7) is 6.32. The molecule has 1 aliphatic rings. The molecule has 1 unspecified atom stereocenters. The maximum absolute atomic E-state index is 12.0. The zero-order chi connectivity index (χ0) is 11.7. The molecule has 1 aliphatic carbocycles. The van der Waals surface area contributed by atoms with Crippen LogP contribution in [0.15, 0.2) is 6.07 Å². The number of carbonyl (C=O) groups excluding carboxylic acids is 1. The van der Waals surface area contributed by atoms with E-state index in [-0.39, 0.29) is 5.91 Å². The molecule has 0 bridgehead atoms. The Morgan fingerprint density at radius 3 is 2.81 bits per heavy atom. The maximum atomic E-state index is 12.0. The molecule has 0 aliphatic heterocycles. The molecule has 1 saturated carbocycles. The molecule has 0 saturated heterocycles. The Morgan fingerprint density at radius 2 is 2.31 bits per heavy atom. The van der Waals surface area contributed by atoms with E-state index in [0.717, 1.165) is 17.2 Å². The SMILES string of the molecule is CCc1cc(C(=O)NC(C)C2CC2)sc1C. The van der Waals surface area contributed by atoms with Gasteiger partial charge in [-0.1, -0.05) is 6.92 Å². The number of amides is 1. The summed E-state index contributed by atoms with van der Waals surface area (Å²) in [4.78, 5) is 14.1. The first-order valence-corrected chi connectivity index (χ1v) is 6.83. The molecule has 88 valence electrons. The minimum absolute atomic E-state index is 0.104. The zero-order valence-electron chi connectivity index (χ0n) is 10.2. The fraction of sp³-hybridized carbons (Fsp3) is 0.615. The molecule has 3 heteroatoms. The molecule has 1 fully saturated rings. The van der Waals surface area contributed by atoms with E-state index in [9.17, 15) is 4.79 Å². The first-order valence-electron chi connectivity index (χ1n) is 6.02. The average Bonchev–Trinajstić information content (AvgIpc) is 3.02. The summed E-state index contributed by atoms with van der Waals surface area (Å²) < 4.78 is 0. The number of nitrogens with one attached hydrogen (secondary N) is 1. The Hall–Kier alpha value is -0.830. The molecule has 0 radical (unpaired) electrons. The van der Waals surface area contributed by atoms with Crippen LogP contribution in [0.1, 0.15) is 46.8 Å². The molecule has 2 nitrogen and oxygen atoms in total. The van der Waals surface area contributed by atoms with Crippen molar-refractivity contribution in [3.05, 3.63) is 21.4 Å². The summed E-state index contributed by atoms with van der Waals surface area (Å²) in [5.41, 5.74) is 1.30. The van der Waals surface area contributed by atoms with Gasteiger partial charge in [-0.05, 0) is 50.7 Å². The van der Waals surface area contributed by atoms with Gasteiger partial charge in [-0.3, -0.25) is 4.79 Å². The van der Waals surface area contributed by atoms with Crippen LogP contribution < -0.4 is 5.32 Å². The van der Waals surface area contributed by atoms with Crippen LogP contribution in [0.3, 0.4) is 0 Å². The quantitative estimate of drug-likeness (QED) is 0.856. The number of carbonyl (C=O) groups is 1. The molecule has 2 rings (SSSR count). The van der Waals surface area contributed by atoms with E-state index in [1.807, 2.05) is 6.07 Å². The molecular weight excluding hydrogens is 218 g/mol. The second kappa shape index (κ2) is 4.58. The van der Waals surface area contributed by atoms with Gasteiger partial charge in [-0.15, -0.1) is 11.3 Å². The predicted molar refractivity (Wildman–Crippen MR) is 68.1 cm³/mol. The van der Waals surface area contributed by atoms with Crippen LogP contribution in [-0.4, -0.2) is 11.9 Å². The van der Waals surface area contributed by atoms with Gasteiger partial charge in [0.2, 0.25) is 0 Å². The fourth-order valence-electron chi connectivity index (χ4n) is 1.97. The van der Waals surface area contributed by atoms with Crippen LogP contribution in [0.4, 0.5) is 0 Å². The third-order valence-corrected chi connectivity index (χ3v) is 4.40. The van der Waals surface area contributed by atoms with Crippen molar-refractivity contribution in [2.75, 3.05) is 0 Å². The lowest BCUT2D eigenvalue weighted by atomic mass is 10.2. The second-order valence-electron chi connectivity index (χ2n) is 4.65. The van der Waals surface area contributed by atoms with Crippen molar-refractivity contribution < 1.29 is 4.79 Å². The van der Waals surface area contributed by atoms with Crippen molar-refractivity contribution in [1.82, 2.24) is 5.32 Å². The van der Waals surface area contributed by atoms with Gasteiger partial charge in [0, 0.05) is 10.9 Å². The number of hydrogen-bond donors (Lipinski definition) is 1. The number of hydrogen-bond acceptors (Lipinski definition) is 2. The van der Waals surface area contributed by atoms with E-state index < -0.39 is 0 Å². The summed E-state index contributed by atoms with van der Waals surface area (Å²) in [5.74, 6) is 0.822. The summed E-state index contributed by atoms with van der Waals surface area (Å²) in [6.07, 6.45) is 3.55. The Bertz CT molecular complexity index is 393. The highest BCUT2D eigenvalue weighted by Crippen LogP contribution is 2.32. The molecule has 1 N–H and O–H groups in total. The van der Waals surface area contributed by atoms with Gasteiger partial charge < -0.3 is 5.32 Å². The highest BCUT2D eigenvalue weighted by atomic mass is 32.1. The van der Waals surface area contributed by atoms with Gasteiger partial charge in [0.15, 0.2) is 0 Å². The molecule has 0 aromatic carbocycles. The highest BCUT2D eigenvalue weighted by molar-refractivity contribution is 7.14. The zero-order valence-corrected chi connectivity index (χ0v) is 11.0. The van der Waals surface area contributed by atoms with E-state index in [2.05, 4.69) is 26.1 Å². The Balaban J connectivity index is 2.02. The summed E-state index contributed by atoms with van der Waals surface area (Å²) in [7, 11) is 0. The Labute approximate surface area is 101 Å². The van der Waals surface area contributed by atoms with Crippen LogP contribution >= 0.6 is 11.3 Å². The molecule has 16 heavy (non-hydrogen) atoms. The van der Waals surface area contributed by atoms with Gasteiger partial charge in [-0.25, -0.2) is 0 Å². The first kappa shape index (κ1) is 11.6. The number of aryl methyl sites for hydroxylation is 2. The highest BCUT2D eigenvalue weighted by Gasteiger charge is 2.29. The third kappa shape index (κ3) is 2.46. The van der Waals surface area contributed by atoms with Crippen LogP contribution in [0.5, 0.6) is 0 Å². The predicted octanol–water partition coefficient (Wildman–Crippen LogP) is 3.15. The van der Waals surface area contributed by atoms with Gasteiger partial charge in [0.05, 0.1) is 4.88 Å². The van der Waals surface area contributed by atoms with Crippen LogP contribution in [-0.2, 0) is 6.42 Å². The van der Waals surface area contributed by atoms with E-state index in [0.29, 0.717) is 6.04 Å². The van der Waals surface area contributed by atoms with Crippen molar-refractivity contribution in [3.63, 3.8) is 0 Å². The van der Waals surface area contributed by atoms with Crippen LogP contribution in [0.2, 0.25) is 0 Å². The largest absolute Gasteiger partial charge is 0.349 e. The topological polar surface area (TPSA) is 29.1 Å². The van der Waals surface area contributed by atoms with Crippen molar-refractivity contribution in [1.29, 1.82) is 0 Å². The summed E-state index contributed by atoms with van der Waals surface area (Å²) >= 11 is 1.61. The second-order valence-corrected chi connectivity index (χ2v) is 5.90. The van der Waals surface area contributed by atoms with Crippen molar-refractivity contribution in [3.8, 4) is 0 Å². The van der Waals surface area contributed by atoms with Gasteiger partial charge in [0.1, 0.15) is 0 Å². The molecule has 1 heterocycles. The lowest BCUT2D eigenvalue weighted by molar-refractivity contribution is 0.0940. The summed E-state index contributed by atoms with van der Waals surface area (Å²) in [5, 5.41) is 3.09. The standard InChI is InChI=1S/C13H19NOS/c1-4-10-7-12(16-9(10)3)13(15)14-8(2)11-5-6-11/h7-8,11H,4-6H2,1-3H3,(H,14,15). The molecule has 1 amide bonds. The Morgan fingerprint density at radius 1 is 1.62 bits per heavy atom. The lowest BCUT2D eigenvalue weighted by Gasteiger charge is -2.11. The van der Waals surface area contributed by atoms with Crippen molar-refractivity contribution in [2.24, 2.45) is 5.92 Å². The molecule has 1 aromatic rings. The monoisotopic (exact) mass is 237 g/mol. The van der Waals surface area contributed by atoms with Crippen molar-refractivity contribution in [2.45, 2.75) is 46.1 Å². The van der Waals surface area contributed by atoms with E-state index in [1.54, 1.807) is 11.3 Å². The van der Waals surface area contributed by atoms with Crippen molar-refractivity contribution >= 4 is 17.2 Å². The number of rotatable bonds is 4. The van der Waals surface area contributed by atoms with Crippen LogP contribution in [0.25, 0.3) is 0 Å². The van der Waals surface area contributed by atoms with Gasteiger partial charge in [-0.2, -0.15) is 0 Å². The molecule has 1 aromatic heterocycles. The fourth-order valence-corrected chi connectivity index (χ4v) is 2.99. The van der Waals surface area contributed by atoms with Gasteiger partial charge in [0.25, 0.3) is 5.91 Å². The molecular formula is C13H19NOS. The van der Waals surface area contributed by atoms with E-state index in [1.165, 1.54) is 23.3 Å². The lowest BCUT2D eigenvalue weighted by Crippen LogP contribution is -2.33. The summed E-state index contributed by atoms with van der Waals surface area (Å²) in [6, 6.07) is 2.37. The minimum Gasteiger partial charge on any atom is -0.349 e. The van der Waals surface area contributed by atoms with E-state index >= 15 is 0 Å². The normalized spacial score (nSPS) is 17.2. The minimum atomic E-state index is 0.104. The molecule has 1 atom stereocenters. The third-order valence-electron chi connectivity index (χ3n) is 3.31. The van der Waals surface area contributed by atoms with E-state index in [4.69, 9.17) is 0 Å². The number of thiophene rings is 1. The maximum Gasteiger partial charge on any atom is 0.261 e. The first-order chi connectivity index (χ1) is 7.61.